The Morgan fingerprint density at radius 1 is 1.03 bits per heavy atom. The van der Waals surface area contributed by atoms with Gasteiger partial charge in [-0.2, -0.15) is 0 Å². The van der Waals surface area contributed by atoms with Crippen molar-refractivity contribution in [3.63, 3.8) is 0 Å². The SMILES string of the molecule is CC(C)CC(=O)N1CCC(S(=O)(=O)NC(=O)Nc2c3c(cc4c2CCC4)CCC3)CC1. The average Bonchev–Trinajstić information content (AvgIpc) is 3.36. The molecule has 0 spiro atoms. The van der Waals surface area contributed by atoms with Gasteiger partial charge in [-0.15, -0.1) is 0 Å². The maximum atomic E-state index is 12.8. The largest absolute Gasteiger partial charge is 0.343 e. The van der Waals surface area contributed by atoms with Crippen molar-refractivity contribution in [2.24, 2.45) is 5.92 Å². The Hall–Kier alpha value is -2.09. The predicted molar refractivity (Wildman–Crippen MR) is 121 cm³/mol. The molecule has 1 fully saturated rings. The number of nitrogens with zero attached hydrogens (tertiary/aromatic N) is 1. The van der Waals surface area contributed by atoms with Crippen molar-refractivity contribution < 1.29 is 18.0 Å². The van der Waals surface area contributed by atoms with Gasteiger partial charge in [-0.1, -0.05) is 19.9 Å². The van der Waals surface area contributed by atoms with Gasteiger partial charge in [-0.3, -0.25) is 4.79 Å². The Kier molecular flexibility index (Phi) is 6.28. The molecule has 2 N–H and O–H groups in total. The standard InChI is InChI=1S/C23H33N3O4S/c1-15(2)13-21(27)26-11-9-18(10-12-26)31(29,30)25-23(28)24-22-19-7-3-5-16(19)14-17-6-4-8-20(17)22/h14-15,18H,3-13H2,1-2H3,(H2,24,25,28). The zero-order valence-corrected chi connectivity index (χ0v) is 19.3. The summed E-state index contributed by atoms with van der Waals surface area (Å²) >= 11 is 0. The fourth-order valence-electron chi connectivity index (χ4n) is 5.21. The lowest BCUT2D eigenvalue weighted by molar-refractivity contribution is -0.132. The molecule has 3 amide bonds. The summed E-state index contributed by atoms with van der Waals surface area (Å²) < 4.78 is 27.9. The summed E-state index contributed by atoms with van der Waals surface area (Å²) in [5, 5.41) is 2.23. The summed E-state index contributed by atoms with van der Waals surface area (Å²) in [4.78, 5) is 26.7. The summed E-state index contributed by atoms with van der Waals surface area (Å²) in [6, 6.07) is 1.60. The third-order valence-electron chi connectivity index (χ3n) is 6.76. The third-order valence-corrected chi connectivity index (χ3v) is 8.58. The van der Waals surface area contributed by atoms with E-state index in [2.05, 4.69) is 16.1 Å². The van der Waals surface area contributed by atoms with Gasteiger partial charge in [-0.25, -0.2) is 17.9 Å². The first-order chi connectivity index (χ1) is 14.7. The normalized spacial score (nSPS) is 18.7. The number of sulfonamides is 1. The Labute approximate surface area is 185 Å². The summed E-state index contributed by atoms with van der Waals surface area (Å²) in [5.41, 5.74) is 5.76. The Morgan fingerprint density at radius 2 is 1.61 bits per heavy atom. The van der Waals surface area contributed by atoms with Gasteiger partial charge in [0, 0.05) is 25.2 Å². The lowest BCUT2D eigenvalue weighted by atomic mass is 9.99. The molecule has 2 aliphatic carbocycles. The van der Waals surface area contributed by atoms with Crippen LogP contribution in [0.25, 0.3) is 0 Å². The molecule has 1 aromatic carbocycles. The van der Waals surface area contributed by atoms with Crippen LogP contribution in [0, 0.1) is 5.92 Å². The minimum atomic E-state index is -3.80. The Morgan fingerprint density at radius 3 is 2.16 bits per heavy atom. The average molecular weight is 448 g/mol. The van der Waals surface area contributed by atoms with E-state index in [1.165, 1.54) is 22.3 Å². The van der Waals surface area contributed by atoms with Crippen LogP contribution in [0.3, 0.4) is 0 Å². The number of fused-ring (bicyclic) bond motifs is 2. The summed E-state index contributed by atoms with van der Waals surface area (Å²) in [7, 11) is -3.80. The van der Waals surface area contributed by atoms with Crippen LogP contribution < -0.4 is 10.0 Å². The molecule has 0 saturated carbocycles. The number of anilines is 1. The first-order valence-corrected chi connectivity index (χ1v) is 13.1. The van der Waals surface area contributed by atoms with Gasteiger partial charge < -0.3 is 10.2 Å². The molecule has 0 bridgehead atoms. The van der Waals surface area contributed by atoms with Crippen LogP contribution in [0.2, 0.25) is 0 Å². The van der Waals surface area contributed by atoms with E-state index in [9.17, 15) is 18.0 Å². The second kappa shape index (κ2) is 8.81. The number of hydrogen-bond acceptors (Lipinski definition) is 4. The summed E-state index contributed by atoms with van der Waals surface area (Å²) in [5.74, 6) is 0.351. The minimum Gasteiger partial charge on any atom is -0.343 e. The van der Waals surface area contributed by atoms with Crippen LogP contribution >= 0.6 is 0 Å². The van der Waals surface area contributed by atoms with Gasteiger partial charge in [0.25, 0.3) is 0 Å². The zero-order valence-electron chi connectivity index (χ0n) is 18.5. The maximum absolute atomic E-state index is 12.8. The lowest BCUT2D eigenvalue weighted by Crippen LogP contribution is -2.47. The molecular weight excluding hydrogens is 414 g/mol. The number of carbonyl (C=O) groups is 2. The van der Waals surface area contributed by atoms with E-state index in [0.29, 0.717) is 32.4 Å². The van der Waals surface area contributed by atoms with Crippen molar-refractivity contribution in [1.29, 1.82) is 0 Å². The molecule has 31 heavy (non-hydrogen) atoms. The smallest absolute Gasteiger partial charge is 0.332 e. The molecule has 170 valence electrons. The van der Waals surface area contributed by atoms with Crippen LogP contribution in [0.4, 0.5) is 10.5 Å². The van der Waals surface area contributed by atoms with Gasteiger partial charge in [0.15, 0.2) is 0 Å². The summed E-state index contributed by atoms with van der Waals surface area (Å²) in [6.45, 7) is 4.82. The number of nitrogens with one attached hydrogen (secondary N) is 2. The van der Waals surface area contributed by atoms with E-state index in [-0.39, 0.29) is 11.8 Å². The third kappa shape index (κ3) is 4.73. The van der Waals surface area contributed by atoms with Crippen molar-refractivity contribution in [3.8, 4) is 0 Å². The highest BCUT2D eigenvalue weighted by molar-refractivity contribution is 7.90. The van der Waals surface area contributed by atoms with Crippen molar-refractivity contribution in [1.82, 2.24) is 9.62 Å². The van der Waals surface area contributed by atoms with E-state index in [4.69, 9.17) is 0 Å². The van der Waals surface area contributed by atoms with Crippen molar-refractivity contribution in [2.75, 3.05) is 18.4 Å². The second-order valence-corrected chi connectivity index (χ2v) is 11.5. The van der Waals surface area contributed by atoms with Gasteiger partial charge in [-0.05, 0) is 79.5 Å². The van der Waals surface area contributed by atoms with E-state index >= 15 is 0 Å². The highest BCUT2D eigenvalue weighted by Crippen LogP contribution is 2.38. The molecule has 1 aliphatic heterocycles. The van der Waals surface area contributed by atoms with Gasteiger partial charge in [0.1, 0.15) is 0 Å². The Bertz CT molecular complexity index is 947. The molecule has 7 nitrogen and oxygen atoms in total. The quantitative estimate of drug-likeness (QED) is 0.725. The number of aryl methyl sites for hydroxylation is 2. The monoisotopic (exact) mass is 447 g/mol. The van der Waals surface area contributed by atoms with Gasteiger partial charge in [0.05, 0.1) is 5.25 Å². The number of hydrogen-bond donors (Lipinski definition) is 2. The maximum Gasteiger partial charge on any atom is 0.332 e. The molecule has 0 aromatic heterocycles. The van der Waals surface area contributed by atoms with E-state index in [0.717, 1.165) is 44.2 Å². The van der Waals surface area contributed by atoms with Crippen LogP contribution in [0.5, 0.6) is 0 Å². The fraction of sp³-hybridized carbons (Fsp3) is 0.652. The fourth-order valence-corrected chi connectivity index (χ4v) is 6.52. The number of likely N-dealkylation sites (tertiary alicyclic amines) is 1. The van der Waals surface area contributed by atoms with E-state index in [1.807, 2.05) is 13.8 Å². The molecular formula is C23H33N3O4S. The molecule has 8 heteroatoms. The second-order valence-electron chi connectivity index (χ2n) is 9.51. The highest BCUT2D eigenvalue weighted by Gasteiger charge is 2.33. The number of rotatable bonds is 5. The molecule has 3 aliphatic rings. The van der Waals surface area contributed by atoms with Crippen LogP contribution in [-0.2, 0) is 40.5 Å². The van der Waals surface area contributed by atoms with Crippen LogP contribution in [0.1, 0.15) is 68.2 Å². The van der Waals surface area contributed by atoms with Crippen molar-refractivity contribution in [2.45, 2.75) is 76.9 Å². The predicted octanol–water partition coefficient (Wildman–Crippen LogP) is 3.15. The molecule has 4 rings (SSSR count). The van der Waals surface area contributed by atoms with Gasteiger partial charge >= 0.3 is 6.03 Å². The first kappa shape index (κ1) is 22.1. The van der Waals surface area contributed by atoms with Crippen molar-refractivity contribution in [3.05, 3.63) is 28.3 Å². The van der Waals surface area contributed by atoms with Gasteiger partial charge in [0.2, 0.25) is 15.9 Å². The molecule has 0 unspecified atom stereocenters. The van der Waals surface area contributed by atoms with E-state index in [1.54, 1.807) is 4.90 Å². The van der Waals surface area contributed by atoms with Crippen molar-refractivity contribution >= 4 is 27.6 Å². The van der Waals surface area contributed by atoms with Crippen LogP contribution in [-0.4, -0.2) is 43.6 Å². The lowest BCUT2D eigenvalue weighted by Gasteiger charge is -2.32. The molecule has 0 atom stereocenters. The number of urea groups is 1. The molecule has 1 heterocycles. The van der Waals surface area contributed by atoms with Crippen LogP contribution in [0.15, 0.2) is 6.07 Å². The zero-order chi connectivity index (χ0) is 22.2. The highest BCUT2D eigenvalue weighted by atomic mass is 32.2. The topological polar surface area (TPSA) is 95.6 Å². The number of amides is 3. The number of carbonyl (C=O) groups excluding carboxylic acids is 2. The molecule has 1 saturated heterocycles. The number of benzene rings is 1. The molecule has 1 aromatic rings. The number of piperidine rings is 1. The Balaban J connectivity index is 1.39. The molecule has 0 radical (unpaired) electrons. The first-order valence-electron chi connectivity index (χ1n) is 11.5. The minimum absolute atomic E-state index is 0.0725. The summed E-state index contributed by atoms with van der Waals surface area (Å²) in [6.07, 6.45) is 7.20. The van der Waals surface area contributed by atoms with E-state index < -0.39 is 21.3 Å².